The van der Waals surface area contributed by atoms with Gasteiger partial charge in [-0.2, -0.15) is 0 Å². The first-order chi connectivity index (χ1) is 11.9. The minimum atomic E-state index is -0.975. The number of aryl methyl sites for hydroxylation is 2. The molecule has 1 aromatic carbocycles. The van der Waals surface area contributed by atoms with Gasteiger partial charge in [-0.3, -0.25) is 4.79 Å². The second kappa shape index (κ2) is 6.39. The van der Waals surface area contributed by atoms with E-state index in [-0.39, 0.29) is 17.1 Å². The Bertz CT molecular complexity index is 1000. The molecule has 3 aromatic rings. The summed E-state index contributed by atoms with van der Waals surface area (Å²) in [6, 6.07) is 8.61. The van der Waals surface area contributed by atoms with Crippen molar-refractivity contribution in [1.82, 2.24) is 4.98 Å². The van der Waals surface area contributed by atoms with Crippen LogP contribution in [-0.2, 0) is 4.74 Å². The zero-order valence-electron chi connectivity index (χ0n) is 14.1. The van der Waals surface area contributed by atoms with Crippen molar-refractivity contribution in [2.24, 2.45) is 0 Å². The van der Waals surface area contributed by atoms with Crippen LogP contribution in [-0.4, -0.2) is 22.8 Å². The fourth-order valence-electron chi connectivity index (χ4n) is 2.83. The van der Waals surface area contributed by atoms with Gasteiger partial charge in [0.15, 0.2) is 6.10 Å². The van der Waals surface area contributed by atoms with E-state index in [0.717, 1.165) is 10.9 Å². The summed E-state index contributed by atoms with van der Waals surface area (Å²) < 4.78 is 10.2. The molecule has 6 nitrogen and oxygen atoms in total. The average Bonchev–Trinajstić information content (AvgIpc) is 2.97. The zero-order valence-corrected chi connectivity index (χ0v) is 14.1. The lowest BCUT2D eigenvalue weighted by atomic mass is 10.1. The van der Waals surface area contributed by atoms with Gasteiger partial charge in [0.1, 0.15) is 11.3 Å². The number of nitrogens with one attached hydrogen (secondary N) is 1. The maximum atomic E-state index is 12.6. The highest BCUT2D eigenvalue weighted by Gasteiger charge is 2.25. The number of aromatic nitrogens is 1. The molecule has 0 fully saturated rings. The van der Waals surface area contributed by atoms with Crippen LogP contribution < -0.4 is 5.63 Å². The Morgan fingerprint density at radius 2 is 1.92 bits per heavy atom. The molecule has 2 aromatic heterocycles. The summed E-state index contributed by atoms with van der Waals surface area (Å²) in [5, 5.41) is 0.772. The van der Waals surface area contributed by atoms with E-state index in [9.17, 15) is 14.4 Å². The minimum absolute atomic E-state index is 0.165. The molecular formula is C19H17NO5. The normalized spacial score (nSPS) is 12.1. The SMILES string of the molecule is Cc1cc(=O)oc(C)c1C(=O)OC(C)C(=O)c1c[nH]c2ccccc12. The van der Waals surface area contributed by atoms with Gasteiger partial charge in [-0.1, -0.05) is 18.2 Å². The number of ether oxygens (including phenoxy) is 1. The van der Waals surface area contributed by atoms with E-state index in [1.165, 1.54) is 19.9 Å². The number of Topliss-reactive ketones (excluding diaryl/α,β-unsaturated/α-hetero) is 1. The summed E-state index contributed by atoms with van der Waals surface area (Å²) in [6.45, 7) is 4.65. The maximum Gasteiger partial charge on any atom is 0.342 e. The van der Waals surface area contributed by atoms with Gasteiger partial charge in [-0.25, -0.2) is 9.59 Å². The van der Waals surface area contributed by atoms with Gasteiger partial charge in [-0.15, -0.1) is 0 Å². The molecule has 3 rings (SSSR count). The minimum Gasteiger partial charge on any atom is -0.451 e. The lowest BCUT2D eigenvalue weighted by Crippen LogP contribution is -2.25. The highest BCUT2D eigenvalue weighted by Crippen LogP contribution is 2.21. The number of aromatic amines is 1. The lowest BCUT2D eigenvalue weighted by Gasteiger charge is -2.13. The first-order valence-corrected chi connectivity index (χ1v) is 7.81. The highest BCUT2D eigenvalue weighted by atomic mass is 16.5. The van der Waals surface area contributed by atoms with Crippen molar-refractivity contribution in [2.75, 3.05) is 0 Å². The number of para-hydroxylation sites is 1. The van der Waals surface area contributed by atoms with Crippen LogP contribution in [0.1, 0.15) is 39.0 Å². The number of carbonyl (C=O) groups excluding carboxylic acids is 2. The fourth-order valence-corrected chi connectivity index (χ4v) is 2.83. The molecule has 0 bridgehead atoms. The van der Waals surface area contributed by atoms with E-state index in [2.05, 4.69) is 4.98 Å². The Balaban J connectivity index is 1.85. The Morgan fingerprint density at radius 3 is 2.64 bits per heavy atom. The number of rotatable bonds is 4. The first-order valence-electron chi connectivity index (χ1n) is 7.81. The molecular weight excluding hydrogens is 322 g/mol. The van der Waals surface area contributed by atoms with Crippen LogP contribution in [0.25, 0.3) is 10.9 Å². The Kier molecular flexibility index (Phi) is 4.27. The van der Waals surface area contributed by atoms with E-state index in [1.54, 1.807) is 13.1 Å². The number of esters is 1. The first kappa shape index (κ1) is 16.7. The molecule has 6 heteroatoms. The van der Waals surface area contributed by atoms with Crippen LogP contribution in [0.2, 0.25) is 0 Å². The van der Waals surface area contributed by atoms with Crippen LogP contribution >= 0.6 is 0 Å². The van der Waals surface area contributed by atoms with Crippen LogP contribution in [0, 0.1) is 13.8 Å². The summed E-state index contributed by atoms with van der Waals surface area (Å²) in [4.78, 5) is 39.4. The number of hydrogen-bond acceptors (Lipinski definition) is 5. The molecule has 0 aliphatic rings. The largest absolute Gasteiger partial charge is 0.451 e. The highest BCUT2D eigenvalue weighted by molar-refractivity contribution is 6.10. The van der Waals surface area contributed by atoms with E-state index < -0.39 is 17.7 Å². The summed E-state index contributed by atoms with van der Waals surface area (Å²) in [6.07, 6.45) is 0.632. The molecule has 25 heavy (non-hydrogen) atoms. The molecule has 0 saturated carbocycles. The van der Waals surface area contributed by atoms with Crippen molar-refractivity contribution < 1.29 is 18.7 Å². The van der Waals surface area contributed by atoms with E-state index >= 15 is 0 Å². The van der Waals surface area contributed by atoms with Crippen molar-refractivity contribution in [3.8, 4) is 0 Å². The summed E-state index contributed by atoms with van der Waals surface area (Å²) >= 11 is 0. The maximum absolute atomic E-state index is 12.6. The average molecular weight is 339 g/mol. The molecule has 0 saturated heterocycles. The molecule has 1 N–H and O–H groups in total. The zero-order chi connectivity index (χ0) is 18.1. The molecule has 0 radical (unpaired) electrons. The molecule has 0 aliphatic carbocycles. The van der Waals surface area contributed by atoms with Crippen molar-refractivity contribution in [1.29, 1.82) is 0 Å². The van der Waals surface area contributed by atoms with Gasteiger partial charge in [0.2, 0.25) is 5.78 Å². The van der Waals surface area contributed by atoms with E-state index in [0.29, 0.717) is 11.1 Å². The van der Waals surface area contributed by atoms with Gasteiger partial charge in [0.25, 0.3) is 0 Å². The summed E-state index contributed by atoms with van der Waals surface area (Å²) in [7, 11) is 0. The van der Waals surface area contributed by atoms with Crippen molar-refractivity contribution in [2.45, 2.75) is 26.9 Å². The number of hydrogen-bond donors (Lipinski definition) is 1. The van der Waals surface area contributed by atoms with Crippen LogP contribution in [0.5, 0.6) is 0 Å². The van der Waals surface area contributed by atoms with Crippen molar-refractivity contribution in [3.05, 3.63) is 69.4 Å². The Morgan fingerprint density at radius 1 is 1.20 bits per heavy atom. The third-order valence-electron chi connectivity index (χ3n) is 4.05. The number of fused-ring (bicyclic) bond motifs is 1. The van der Waals surface area contributed by atoms with Gasteiger partial charge >= 0.3 is 11.6 Å². The van der Waals surface area contributed by atoms with Crippen molar-refractivity contribution >= 4 is 22.7 Å². The number of benzene rings is 1. The van der Waals surface area contributed by atoms with Gasteiger partial charge < -0.3 is 14.1 Å². The van der Waals surface area contributed by atoms with Crippen molar-refractivity contribution in [3.63, 3.8) is 0 Å². The van der Waals surface area contributed by atoms with Gasteiger partial charge in [0.05, 0.1) is 0 Å². The van der Waals surface area contributed by atoms with E-state index in [1.807, 2.05) is 24.3 Å². The lowest BCUT2D eigenvalue weighted by molar-refractivity contribution is 0.0314. The topological polar surface area (TPSA) is 89.4 Å². The molecule has 2 heterocycles. The van der Waals surface area contributed by atoms with Crippen LogP contribution in [0.4, 0.5) is 0 Å². The summed E-state index contributed by atoms with van der Waals surface area (Å²) in [5.41, 5.74) is 1.38. The smallest absolute Gasteiger partial charge is 0.342 e. The number of carbonyl (C=O) groups is 2. The van der Waals surface area contributed by atoms with Crippen LogP contribution in [0.3, 0.4) is 0 Å². The molecule has 1 atom stereocenters. The fraction of sp³-hybridized carbons (Fsp3) is 0.211. The molecule has 0 amide bonds. The number of H-pyrrole nitrogens is 1. The standard InChI is InChI=1S/C19H17NO5/c1-10-8-16(21)24-11(2)17(10)19(23)25-12(3)18(22)14-9-20-15-7-5-4-6-13(14)15/h4-9,12,20H,1-3H3. The van der Waals surface area contributed by atoms with E-state index in [4.69, 9.17) is 9.15 Å². The second-order valence-corrected chi connectivity index (χ2v) is 5.84. The quantitative estimate of drug-likeness (QED) is 0.582. The summed E-state index contributed by atoms with van der Waals surface area (Å²) in [5.74, 6) is -0.834. The predicted octanol–water partition coefficient (Wildman–Crippen LogP) is 3.17. The second-order valence-electron chi connectivity index (χ2n) is 5.84. The van der Waals surface area contributed by atoms with Gasteiger partial charge in [0, 0.05) is 28.7 Å². The molecule has 1 unspecified atom stereocenters. The monoisotopic (exact) mass is 339 g/mol. The Labute approximate surface area is 143 Å². The molecule has 128 valence electrons. The predicted molar refractivity (Wildman–Crippen MR) is 92.0 cm³/mol. The third kappa shape index (κ3) is 3.10. The Hall–Kier alpha value is -3.15. The third-order valence-corrected chi connectivity index (χ3v) is 4.05. The molecule has 0 spiro atoms. The van der Waals surface area contributed by atoms with Gasteiger partial charge in [-0.05, 0) is 32.4 Å². The van der Waals surface area contributed by atoms with Crippen LogP contribution in [0.15, 0.2) is 45.7 Å². The number of ketones is 1. The molecule has 0 aliphatic heterocycles.